The van der Waals surface area contributed by atoms with Gasteiger partial charge in [-0.2, -0.15) is 0 Å². The topological polar surface area (TPSA) is 17.1 Å². The molecule has 1 aromatic rings. The maximum absolute atomic E-state index is 12.3. The molecule has 1 fully saturated rings. The van der Waals surface area contributed by atoms with Crippen LogP contribution in [0.5, 0.6) is 0 Å². The number of carbonyl (C=O) groups is 1. The number of hydrogen-bond acceptors (Lipinski definition) is 1. The van der Waals surface area contributed by atoms with Crippen molar-refractivity contribution in [1.82, 2.24) is 0 Å². The average Bonchev–Trinajstić information content (AvgIpc) is 2.61. The van der Waals surface area contributed by atoms with Crippen molar-refractivity contribution in [3.63, 3.8) is 0 Å². The van der Waals surface area contributed by atoms with E-state index < -0.39 is 0 Å². The minimum absolute atomic E-state index is 0.0723. The van der Waals surface area contributed by atoms with Crippen molar-refractivity contribution in [2.75, 3.05) is 0 Å². The molecule has 0 N–H and O–H groups in total. The Balaban J connectivity index is 2.06. The maximum atomic E-state index is 12.3. The molecule has 2 heteroatoms. The van der Waals surface area contributed by atoms with Crippen molar-refractivity contribution >= 4 is 17.4 Å². The maximum Gasteiger partial charge on any atom is 0.142 e. The van der Waals surface area contributed by atoms with E-state index in [1.807, 2.05) is 24.3 Å². The first-order valence-electron chi connectivity index (χ1n) is 6.34. The molecule has 0 aromatic heterocycles. The highest BCUT2D eigenvalue weighted by Crippen LogP contribution is 2.41. The molecule has 2 unspecified atom stereocenters. The van der Waals surface area contributed by atoms with Gasteiger partial charge in [-0.1, -0.05) is 37.6 Å². The first-order chi connectivity index (χ1) is 8.05. The number of hydrogen-bond donors (Lipinski definition) is 0. The van der Waals surface area contributed by atoms with Gasteiger partial charge in [-0.3, -0.25) is 4.79 Å². The summed E-state index contributed by atoms with van der Waals surface area (Å²) >= 11 is 5.86. The Labute approximate surface area is 108 Å². The molecule has 0 saturated heterocycles. The lowest BCUT2D eigenvalue weighted by atomic mass is 9.83. The summed E-state index contributed by atoms with van der Waals surface area (Å²) in [6.45, 7) is 4.22. The van der Waals surface area contributed by atoms with Crippen LogP contribution in [0.15, 0.2) is 24.3 Å². The number of Topliss-reactive ketones (excluding diaryl/α,β-unsaturated/α-hetero) is 1. The monoisotopic (exact) mass is 250 g/mol. The van der Waals surface area contributed by atoms with Gasteiger partial charge >= 0.3 is 0 Å². The van der Waals surface area contributed by atoms with E-state index in [4.69, 9.17) is 11.6 Å². The second-order valence-corrected chi connectivity index (χ2v) is 5.78. The van der Waals surface area contributed by atoms with E-state index in [1.165, 1.54) is 5.56 Å². The third-order valence-electron chi connectivity index (χ3n) is 4.19. The molecule has 1 nitrogen and oxygen atoms in total. The van der Waals surface area contributed by atoms with Crippen LogP contribution in [0.3, 0.4) is 0 Å². The Bertz CT molecular complexity index is 409. The molecule has 17 heavy (non-hydrogen) atoms. The van der Waals surface area contributed by atoms with Crippen molar-refractivity contribution < 1.29 is 4.79 Å². The van der Waals surface area contributed by atoms with E-state index in [0.29, 0.717) is 5.78 Å². The van der Waals surface area contributed by atoms with Gasteiger partial charge in [-0.25, -0.2) is 0 Å². The van der Waals surface area contributed by atoms with Crippen molar-refractivity contribution in [3.8, 4) is 0 Å². The summed E-state index contributed by atoms with van der Waals surface area (Å²) in [5, 5.41) is 0.755. The van der Waals surface area contributed by atoms with Crippen LogP contribution < -0.4 is 0 Å². The molecule has 92 valence electrons. The highest BCUT2D eigenvalue weighted by molar-refractivity contribution is 6.30. The van der Waals surface area contributed by atoms with Crippen molar-refractivity contribution in [2.45, 2.75) is 39.5 Å². The summed E-state index contributed by atoms with van der Waals surface area (Å²) in [4.78, 5) is 12.3. The van der Waals surface area contributed by atoms with E-state index in [9.17, 15) is 4.79 Å². The largest absolute Gasteiger partial charge is 0.299 e. The summed E-state index contributed by atoms with van der Waals surface area (Å²) in [5.74, 6) is 0.663. The summed E-state index contributed by atoms with van der Waals surface area (Å²) in [6, 6.07) is 7.85. The van der Waals surface area contributed by atoms with Crippen LogP contribution in [0.25, 0.3) is 0 Å². The van der Waals surface area contributed by atoms with Gasteiger partial charge in [-0.05, 0) is 43.4 Å². The minimum Gasteiger partial charge on any atom is -0.299 e. The fourth-order valence-corrected chi connectivity index (χ4v) is 2.82. The smallest absolute Gasteiger partial charge is 0.142 e. The predicted molar refractivity (Wildman–Crippen MR) is 71.3 cm³/mol. The normalized spacial score (nSPS) is 28.6. The second kappa shape index (κ2) is 4.81. The molecule has 0 amide bonds. The third-order valence-corrected chi connectivity index (χ3v) is 4.44. The lowest BCUT2D eigenvalue weighted by Crippen LogP contribution is -2.25. The molecule has 1 aromatic carbocycles. The number of rotatable bonds is 3. The Kier molecular flexibility index (Phi) is 3.58. The van der Waals surface area contributed by atoms with E-state index in [0.717, 1.165) is 30.7 Å². The summed E-state index contributed by atoms with van der Waals surface area (Å²) < 4.78 is 0. The van der Waals surface area contributed by atoms with Gasteiger partial charge in [0, 0.05) is 16.4 Å². The van der Waals surface area contributed by atoms with Crippen molar-refractivity contribution in [3.05, 3.63) is 34.9 Å². The fraction of sp³-hybridized carbons (Fsp3) is 0.533. The van der Waals surface area contributed by atoms with Crippen molar-refractivity contribution in [2.24, 2.45) is 11.3 Å². The molecule has 0 bridgehead atoms. The van der Waals surface area contributed by atoms with Gasteiger partial charge in [0.1, 0.15) is 5.78 Å². The van der Waals surface area contributed by atoms with Crippen LogP contribution in [-0.4, -0.2) is 5.78 Å². The number of carbonyl (C=O) groups excluding carboxylic acids is 1. The summed E-state index contributed by atoms with van der Waals surface area (Å²) in [6.07, 6.45) is 3.90. The van der Waals surface area contributed by atoms with Gasteiger partial charge < -0.3 is 0 Å². The van der Waals surface area contributed by atoms with Crippen LogP contribution in [0.1, 0.15) is 38.7 Å². The van der Waals surface area contributed by atoms with Crippen LogP contribution in [0.4, 0.5) is 0 Å². The van der Waals surface area contributed by atoms with Gasteiger partial charge in [-0.15, -0.1) is 0 Å². The van der Waals surface area contributed by atoms with Crippen molar-refractivity contribution in [1.29, 1.82) is 0 Å². The minimum atomic E-state index is -0.0723. The molecule has 0 aliphatic heterocycles. The van der Waals surface area contributed by atoms with E-state index in [-0.39, 0.29) is 11.3 Å². The summed E-state index contributed by atoms with van der Waals surface area (Å²) in [7, 11) is 0. The number of benzene rings is 1. The molecular formula is C15H19ClO. The van der Waals surface area contributed by atoms with E-state index in [1.54, 1.807) is 0 Å². The van der Waals surface area contributed by atoms with Gasteiger partial charge in [0.25, 0.3) is 0 Å². The standard InChI is InChI=1S/C15H19ClO/c1-3-15(2)9-8-12(14(15)17)10-11-4-6-13(16)7-5-11/h4-7,12H,3,8-10H2,1-2H3. The fourth-order valence-electron chi connectivity index (χ4n) is 2.69. The second-order valence-electron chi connectivity index (χ2n) is 5.34. The SMILES string of the molecule is CCC1(C)CCC(Cc2ccc(Cl)cc2)C1=O. The Morgan fingerprint density at radius 1 is 1.35 bits per heavy atom. The van der Waals surface area contributed by atoms with Gasteiger partial charge in [0.2, 0.25) is 0 Å². The predicted octanol–water partition coefficient (Wildman–Crippen LogP) is 4.28. The van der Waals surface area contributed by atoms with E-state index >= 15 is 0 Å². The van der Waals surface area contributed by atoms with Crippen LogP contribution in [-0.2, 0) is 11.2 Å². The highest BCUT2D eigenvalue weighted by Gasteiger charge is 2.42. The Hall–Kier alpha value is -0.820. The molecule has 2 atom stereocenters. The molecule has 1 aliphatic rings. The number of halogens is 1. The summed E-state index contributed by atoms with van der Waals surface area (Å²) in [5.41, 5.74) is 1.14. The first kappa shape index (κ1) is 12.6. The zero-order valence-electron chi connectivity index (χ0n) is 10.5. The first-order valence-corrected chi connectivity index (χ1v) is 6.72. The Morgan fingerprint density at radius 3 is 2.53 bits per heavy atom. The molecule has 0 heterocycles. The van der Waals surface area contributed by atoms with E-state index in [2.05, 4.69) is 13.8 Å². The lowest BCUT2D eigenvalue weighted by molar-refractivity contribution is -0.128. The number of ketones is 1. The Morgan fingerprint density at radius 2 is 2.00 bits per heavy atom. The molecule has 0 radical (unpaired) electrons. The quantitative estimate of drug-likeness (QED) is 0.783. The average molecular weight is 251 g/mol. The van der Waals surface area contributed by atoms with Crippen LogP contribution in [0.2, 0.25) is 5.02 Å². The highest BCUT2D eigenvalue weighted by atomic mass is 35.5. The molecule has 2 rings (SSSR count). The zero-order valence-corrected chi connectivity index (χ0v) is 11.3. The molecule has 1 saturated carbocycles. The molecular weight excluding hydrogens is 232 g/mol. The lowest BCUT2D eigenvalue weighted by Gasteiger charge is -2.20. The molecule has 1 aliphatic carbocycles. The van der Waals surface area contributed by atoms with Crippen LogP contribution >= 0.6 is 11.6 Å². The molecule has 0 spiro atoms. The van der Waals surface area contributed by atoms with Crippen LogP contribution in [0, 0.1) is 11.3 Å². The van der Waals surface area contributed by atoms with Gasteiger partial charge in [0.15, 0.2) is 0 Å². The zero-order chi connectivity index (χ0) is 12.5. The van der Waals surface area contributed by atoms with Gasteiger partial charge in [0.05, 0.1) is 0 Å². The third kappa shape index (κ3) is 2.55.